The van der Waals surface area contributed by atoms with Crippen molar-refractivity contribution in [2.45, 2.75) is 0 Å². The summed E-state index contributed by atoms with van der Waals surface area (Å²) in [6.07, 6.45) is 10.4. The number of allylic oxidation sites excluding steroid dienone is 5. The second-order valence-electron chi connectivity index (χ2n) is 1.44. The fourth-order valence-electron chi connectivity index (χ4n) is 0.517. The monoisotopic (exact) mass is 328 g/mol. The molecule has 0 aromatic rings. The van der Waals surface area contributed by atoms with Crippen molar-refractivity contribution >= 4 is 0 Å². The average Bonchev–Trinajstić information content (AvgIpc) is 2.14. The molecule has 0 saturated heterocycles. The molecule has 1 atom stereocenters. The third kappa shape index (κ3) is 2.03. The quantitative estimate of drug-likeness (QED) is 0.641. The van der Waals surface area contributed by atoms with Crippen LogP contribution in [-0.4, -0.2) is 0 Å². The number of hydrogen-bond donors (Lipinski definition) is 0. The zero-order chi connectivity index (χ0) is 5.11. The van der Waals surface area contributed by atoms with Crippen LogP contribution >= 0.6 is 0 Å². The SMILES string of the molecule is [CH-]=CC1[C-]=CC=C1.[U+2]. The van der Waals surface area contributed by atoms with Gasteiger partial charge in [-0.2, -0.15) is 6.08 Å². The summed E-state index contributed by atoms with van der Waals surface area (Å²) in [4.78, 5) is 0. The minimum atomic E-state index is 0. The molecule has 1 rings (SSSR count). The molecule has 0 bridgehead atoms. The van der Waals surface area contributed by atoms with E-state index >= 15 is 0 Å². The van der Waals surface area contributed by atoms with Gasteiger partial charge < -0.3 is 6.58 Å². The summed E-state index contributed by atoms with van der Waals surface area (Å²) in [5, 5.41) is 0. The van der Waals surface area contributed by atoms with Crippen LogP contribution in [0.2, 0.25) is 0 Å². The van der Waals surface area contributed by atoms with Gasteiger partial charge in [-0.3, -0.25) is 12.2 Å². The third-order valence-corrected chi connectivity index (χ3v) is 0.911. The molecule has 8 heavy (non-hydrogen) atoms. The van der Waals surface area contributed by atoms with Crippen molar-refractivity contribution in [1.29, 1.82) is 0 Å². The molecule has 0 nitrogen and oxygen atoms in total. The molecule has 1 unspecified atom stereocenters. The molecule has 0 fully saturated rings. The predicted octanol–water partition coefficient (Wildman–Crippen LogP) is 1.52. The maximum Gasteiger partial charge on any atom is 2.00 e. The Balaban J connectivity index is 0.000000490. The van der Waals surface area contributed by atoms with Crippen molar-refractivity contribution < 1.29 is 31.1 Å². The fourth-order valence-corrected chi connectivity index (χ4v) is 0.517. The Morgan fingerprint density at radius 1 is 1.62 bits per heavy atom. The Kier molecular flexibility index (Phi) is 4.32. The molecule has 1 aliphatic rings. The first-order chi connectivity index (χ1) is 3.43. The van der Waals surface area contributed by atoms with E-state index in [-0.39, 0.29) is 37.0 Å². The Hall–Kier alpha value is 0.272. The van der Waals surface area contributed by atoms with Gasteiger partial charge >= 0.3 is 31.1 Å². The Morgan fingerprint density at radius 2 is 2.38 bits per heavy atom. The van der Waals surface area contributed by atoms with Crippen LogP contribution in [0.3, 0.4) is 0 Å². The van der Waals surface area contributed by atoms with Gasteiger partial charge in [0.15, 0.2) is 0 Å². The topological polar surface area (TPSA) is 0 Å². The third-order valence-electron chi connectivity index (χ3n) is 0.911. The van der Waals surface area contributed by atoms with E-state index < -0.39 is 0 Å². The predicted molar refractivity (Wildman–Crippen MR) is 29.3 cm³/mol. The van der Waals surface area contributed by atoms with Crippen LogP contribution in [0.25, 0.3) is 0 Å². The van der Waals surface area contributed by atoms with E-state index in [1.165, 1.54) is 0 Å². The molecule has 1 heteroatoms. The van der Waals surface area contributed by atoms with E-state index in [2.05, 4.69) is 6.08 Å². The van der Waals surface area contributed by atoms with Gasteiger partial charge in [0.1, 0.15) is 0 Å². The van der Waals surface area contributed by atoms with E-state index in [9.17, 15) is 0 Å². The van der Waals surface area contributed by atoms with Gasteiger partial charge in [-0.15, -0.1) is 5.92 Å². The molecule has 1 aliphatic carbocycles. The van der Waals surface area contributed by atoms with Gasteiger partial charge in [-0.1, -0.05) is 0 Å². The summed E-state index contributed by atoms with van der Waals surface area (Å²) in [5.41, 5.74) is 0. The first-order valence-electron chi connectivity index (χ1n) is 2.24. The maximum absolute atomic E-state index is 5.18. The zero-order valence-electron chi connectivity index (χ0n) is 4.46. The number of rotatable bonds is 1. The second kappa shape index (κ2) is 4.18. The first-order valence-corrected chi connectivity index (χ1v) is 2.24. The van der Waals surface area contributed by atoms with Crippen LogP contribution in [0.15, 0.2) is 24.3 Å². The van der Waals surface area contributed by atoms with Gasteiger partial charge in [-0.25, -0.2) is 12.2 Å². The van der Waals surface area contributed by atoms with E-state index in [1.807, 2.05) is 18.2 Å². The van der Waals surface area contributed by atoms with Crippen molar-refractivity contribution in [2.24, 2.45) is 5.92 Å². The van der Waals surface area contributed by atoms with Gasteiger partial charge in [-0.05, 0) is 0 Å². The number of hydrogen-bond acceptors (Lipinski definition) is 0. The first kappa shape index (κ1) is 8.27. The largest absolute Gasteiger partial charge is 2.00 e. The molecule has 0 N–H and O–H groups in total. The molecule has 0 aromatic heterocycles. The molecule has 0 aliphatic heterocycles. The average molecular weight is 328 g/mol. The summed E-state index contributed by atoms with van der Waals surface area (Å²) in [6.45, 7) is 5.18. The van der Waals surface area contributed by atoms with Crippen molar-refractivity contribution in [3.05, 3.63) is 37.0 Å². The molecule has 38 valence electrons. The van der Waals surface area contributed by atoms with Crippen LogP contribution in [0.1, 0.15) is 0 Å². The fraction of sp³-hybridized carbons (Fsp3) is 0.143. The second-order valence-corrected chi connectivity index (χ2v) is 1.44. The molecule has 0 heterocycles. The minimum Gasteiger partial charge on any atom is -0.519 e. The van der Waals surface area contributed by atoms with Crippen LogP contribution in [0.4, 0.5) is 0 Å². The van der Waals surface area contributed by atoms with Crippen LogP contribution in [0, 0.1) is 49.7 Å². The van der Waals surface area contributed by atoms with E-state index in [1.54, 1.807) is 6.08 Å². The minimum absolute atomic E-state index is 0. The van der Waals surface area contributed by atoms with Gasteiger partial charge in [0.05, 0.1) is 0 Å². The van der Waals surface area contributed by atoms with Crippen molar-refractivity contribution in [2.75, 3.05) is 0 Å². The summed E-state index contributed by atoms with van der Waals surface area (Å²) in [6, 6.07) is 0. The van der Waals surface area contributed by atoms with Crippen molar-refractivity contribution in [3.63, 3.8) is 0 Å². The Labute approximate surface area is 73.7 Å². The van der Waals surface area contributed by atoms with Gasteiger partial charge in [0, 0.05) is 0 Å². The van der Waals surface area contributed by atoms with E-state index in [0.717, 1.165) is 0 Å². The van der Waals surface area contributed by atoms with Gasteiger partial charge in [0.25, 0.3) is 0 Å². The van der Waals surface area contributed by atoms with E-state index in [0.29, 0.717) is 0 Å². The summed E-state index contributed by atoms with van der Waals surface area (Å²) < 4.78 is 0. The van der Waals surface area contributed by atoms with Crippen molar-refractivity contribution in [3.8, 4) is 0 Å². The molecule has 0 amide bonds. The van der Waals surface area contributed by atoms with Crippen LogP contribution in [-0.2, 0) is 0 Å². The smallest absolute Gasteiger partial charge is 0.519 e. The van der Waals surface area contributed by atoms with Gasteiger partial charge in [0.2, 0.25) is 0 Å². The van der Waals surface area contributed by atoms with E-state index in [4.69, 9.17) is 6.58 Å². The summed E-state index contributed by atoms with van der Waals surface area (Å²) in [7, 11) is 0. The molecule has 0 aromatic carbocycles. The molecular weight excluding hydrogens is 322 g/mol. The normalized spacial score (nSPS) is 22.8. The summed E-state index contributed by atoms with van der Waals surface area (Å²) in [5.74, 6) is 0.264. The van der Waals surface area contributed by atoms with Crippen molar-refractivity contribution in [1.82, 2.24) is 0 Å². The zero-order valence-corrected chi connectivity index (χ0v) is 8.63. The molecule has 0 spiro atoms. The molecule has 0 saturated carbocycles. The van der Waals surface area contributed by atoms with Crippen LogP contribution in [0.5, 0.6) is 0 Å². The van der Waals surface area contributed by atoms with Crippen LogP contribution < -0.4 is 0 Å². The molecule has 0 radical (unpaired) electrons. The summed E-state index contributed by atoms with van der Waals surface area (Å²) >= 11 is 0. The standard InChI is InChI=1S/C7H6.U/c1-2-7-5-3-4-6-7;/h1-5,7H;/q-2;+2. The Bertz CT molecular complexity index is 110. The Morgan fingerprint density at radius 3 is 2.62 bits per heavy atom. The maximum atomic E-state index is 5.18. The molecular formula is C7H6U.